The fourth-order valence-corrected chi connectivity index (χ4v) is 2.44. The van der Waals surface area contributed by atoms with Gasteiger partial charge in [-0.05, 0) is 45.0 Å². The average molecular weight is 244 g/mol. The van der Waals surface area contributed by atoms with E-state index in [9.17, 15) is 0 Å². The zero-order chi connectivity index (χ0) is 12.8. The van der Waals surface area contributed by atoms with Crippen LogP contribution >= 0.6 is 0 Å². The van der Waals surface area contributed by atoms with Crippen LogP contribution in [0.25, 0.3) is 0 Å². The van der Waals surface area contributed by atoms with Crippen LogP contribution in [0.4, 0.5) is 5.69 Å². The predicted octanol–water partition coefficient (Wildman–Crippen LogP) is 2.24. The highest BCUT2D eigenvalue weighted by molar-refractivity contribution is 5.46. The number of rotatable bonds is 4. The van der Waals surface area contributed by atoms with Crippen molar-refractivity contribution in [3.05, 3.63) is 24.0 Å². The number of likely N-dealkylation sites (tertiary alicyclic amines) is 1. The van der Waals surface area contributed by atoms with E-state index < -0.39 is 0 Å². The Bertz CT molecular complexity index is 418. The van der Waals surface area contributed by atoms with Crippen molar-refractivity contribution in [1.29, 1.82) is 5.26 Å². The van der Waals surface area contributed by atoms with Crippen molar-refractivity contribution in [1.82, 2.24) is 9.88 Å². The molecule has 0 bridgehead atoms. The summed E-state index contributed by atoms with van der Waals surface area (Å²) in [6.45, 7) is 5.67. The van der Waals surface area contributed by atoms with Gasteiger partial charge in [0.15, 0.2) is 0 Å². The molecule has 1 saturated heterocycles. The Morgan fingerprint density at radius 1 is 1.44 bits per heavy atom. The quantitative estimate of drug-likeness (QED) is 0.882. The number of piperidine rings is 1. The fourth-order valence-electron chi connectivity index (χ4n) is 2.44. The average Bonchev–Trinajstić information content (AvgIpc) is 2.40. The first kappa shape index (κ1) is 12.8. The van der Waals surface area contributed by atoms with E-state index in [1.165, 1.54) is 32.4 Å². The number of anilines is 1. The van der Waals surface area contributed by atoms with E-state index in [0.29, 0.717) is 11.7 Å². The van der Waals surface area contributed by atoms with Crippen LogP contribution in [-0.4, -0.2) is 35.6 Å². The smallest absolute Gasteiger partial charge is 0.142 e. The molecule has 18 heavy (non-hydrogen) atoms. The monoisotopic (exact) mass is 244 g/mol. The lowest BCUT2D eigenvalue weighted by molar-refractivity contribution is 0.223. The molecule has 1 unspecified atom stereocenters. The van der Waals surface area contributed by atoms with Crippen LogP contribution in [0.5, 0.6) is 0 Å². The van der Waals surface area contributed by atoms with Gasteiger partial charge in [0.05, 0.1) is 0 Å². The summed E-state index contributed by atoms with van der Waals surface area (Å²) >= 11 is 0. The summed E-state index contributed by atoms with van der Waals surface area (Å²) in [4.78, 5) is 6.48. The molecule has 2 rings (SSSR count). The molecule has 0 aliphatic carbocycles. The lowest BCUT2D eigenvalue weighted by atomic mass is 10.1. The third-order valence-corrected chi connectivity index (χ3v) is 3.27. The van der Waals surface area contributed by atoms with Crippen molar-refractivity contribution < 1.29 is 0 Å². The van der Waals surface area contributed by atoms with Crippen molar-refractivity contribution >= 4 is 5.69 Å². The first-order valence-corrected chi connectivity index (χ1v) is 6.63. The normalized spacial score (nSPS) is 18.0. The summed E-state index contributed by atoms with van der Waals surface area (Å²) in [7, 11) is 0. The first-order valence-electron chi connectivity index (χ1n) is 6.63. The summed E-state index contributed by atoms with van der Waals surface area (Å²) in [5.74, 6) is 0. The zero-order valence-electron chi connectivity index (χ0n) is 10.9. The summed E-state index contributed by atoms with van der Waals surface area (Å²) < 4.78 is 0. The minimum Gasteiger partial charge on any atom is -0.381 e. The highest BCUT2D eigenvalue weighted by atomic mass is 15.1. The predicted molar refractivity (Wildman–Crippen MR) is 72.3 cm³/mol. The van der Waals surface area contributed by atoms with Gasteiger partial charge in [0.25, 0.3) is 0 Å². The molecule has 96 valence electrons. The summed E-state index contributed by atoms with van der Waals surface area (Å²) in [5.41, 5.74) is 1.44. The van der Waals surface area contributed by atoms with E-state index in [2.05, 4.69) is 28.2 Å². The lowest BCUT2D eigenvalue weighted by Gasteiger charge is -2.29. The maximum Gasteiger partial charge on any atom is 0.142 e. The Morgan fingerprint density at radius 2 is 2.22 bits per heavy atom. The van der Waals surface area contributed by atoms with Gasteiger partial charge >= 0.3 is 0 Å². The van der Waals surface area contributed by atoms with E-state index in [-0.39, 0.29) is 0 Å². The van der Waals surface area contributed by atoms with Gasteiger partial charge in [0, 0.05) is 24.5 Å². The molecule has 4 heteroatoms. The summed E-state index contributed by atoms with van der Waals surface area (Å²) in [6, 6.07) is 6.16. The zero-order valence-corrected chi connectivity index (χ0v) is 10.9. The van der Waals surface area contributed by atoms with E-state index in [1.54, 1.807) is 12.3 Å². The Hall–Kier alpha value is -1.60. The molecule has 4 nitrogen and oxygen atoms in total. The van der Waals surface area contributed by atoms with Crippen molar-refractivity contribution in [2.45, 2.75) is 32.2 Å². The molecule has 0 amide bonds. The fraction of sp³-hybridized carbons (Fsp3) is 0.571. The van der Waals surface area contributed by atoms with Crippen LogP contribution in [-0.2, 0) is 0 Å². The lowest BCUT2D eigenvalue weighted by Crippen LogP contribution is -2.38. The second-order valence-corrected chi connectivity index (χ2v) is 4.95. The third kappa shape index (κ3) is 3.71. The SMILES string of the molecule is CC(CN1CCCCC1)Nc1ccnc(C#N)c1. The van der Waals surface area contributed by atoms with Crippen molar-refractivity contribution in [3.8, 4) is 6.07 Å². The topological polar surface area (TPSA) is 52.0 Å². The van der Waals surface area contributed by atoms with Gasteiger partial charge < -0.3 is 10.2 Å². The molecule has 2 heterocycles. The van der Waals surface area contributed by atoms with Crippen LogP contribution in [0, 0.1) is 11.3 Å². The molecule has 1 N–H and O–H groups in total. The van der Waals surface area contributed by atoms with Gasteiger partial charge in [-0.15, -0.1) is 0 Å². The van der Waals surface area contributed by atoms with E-state index in [0.717, 1.165) is 12.2 Å². The molecule has 1 aliphatic rings. The van der Waals surface area contributed by atoms with Gasteiger partial charge in [-0.3, -0.25) is 0 Å². The molecule has 1 aromatic heterocycles. The second kappa shape index (κ2) is 6.36. The van der Waals surface area contributed by atoms with E-state index in [1.807, 2.05) is 6.07 Å². The number of nitriles is 1. The number of nitrogens with one attached hydrogen (secondary N) is 1. The van der Waals surface area contributed by atoms with Gasteiger partial charge in [-0.25, -0.2) is 4.98 Å². The van der Waals surface area contributed by atoms with Crippen LogP contribution in [0.1, 0.15) is 31.9 Å². The molecule has 1 aliphatic heterocycles. The van der Waals surface area contributed by atoms with E-state index >= 15 is 0 Å². The Balaban J connectivity index is 1.86. The molecule has 1 aromatic rings. The number of hydrogen-bond donors (Lipinski definition) is 1. The molecule has 0 aromatic carbocycles. The van der Waals surface area contributed by atoms with Crippen molar-refractivity contribution in [2.24, 2.45) is 0 Å². The van der Waals surface area contributed by atoms with Crippen molar-refractivity contribution in [3.63, 3.8) is 0 Å². The van der Waals surface area contributed by atoms with Crippen LogP contribution < -0.4 is 5.32 Å². The number of pyridine rings is 1. The van der Waals surface area contributed by atoms with Crippen LogP contribution in [0.15, 0.2) is 18.3 Å². The minimum absolute atomic E-state index is 0.386. The van der Waals surface area contributed by atoms with Gasteiger partial charge in [0.1, 0.15) is 11.8 Å². The maximum absolute atomic E-state index is 8.81. The van der Waals surface area contributed by atoms with Crippen LogP contribution in [0.3, 0.4) is 0 Å². The molecular formula is C14H20N4. The number of nitrogens with zero attached hydrogens (tertiary/aromatic N) is 3. The molecular weight excluding hydrogens is 224 g/mol. The highest BCUT2D eigenvalue weighted by Crippen LogP contribution is 2.12. The molecule has 0 spiro atoms. The molecule has 1 atom stereocenters. The summed E-state index contributed by atoms with van der Waals surface area (Å²) in [6.07, 6.45) is 5.68. The Morgan fingerprint density at radius 3 is 2.94 bits per heavy atom. The Labute approximate surface area is 109 Å². The highest BCUT2D eigenvalue weighted by Gasteiger charge is 2.13. The summed E-state index contributed by atoms with van der Waals surface area (Å²) in [5, 5.41) is 12.2. The van der Waals surface area contributed by atoms with Gasteiger partial charge in [-0.1, -0.05) is 6.42 Å². The van der Waals surface area contributed by atoms with Crippen molar-refractivity contribution in [2.75, 3.05) is 25.0 Å². The number of aromatic nitrogens is 1. The van der Waals surface area contributed by atoms with Crippen LogP contribution in [0.2, 0.25) is 0 Å². The minimum atomic E-state index is 0.386. The molecule has 0 saturated carbocycles. The molecule has 0 radical (unpaired) electrons. The standard InChI is InChI=1S/C14H20N4/c1-12(11-18-7-3-2-4-8-18)17-13-5-6-16-14(9-13)10-15/h5-6,9,12H,2-4,7-8,11H2,1H3,(H,16,17). The Kier molecular flexibility index (Phi) is 4.54. The third-order valence-electron chi connectivity index (χ3n) is 3.27. The maximum atomic E-state index is 8.81. The first-order chi connectivity index (χ1) is 8.78. The van der Waals surface area contributed by atoms with E-state index in [4.69, 9.17) is 5.26 Å². The second-order valence-electron chi connectivity index (χ2n) is 4.95. The molecule has 1 fully saturated rings. The number of hydrogen-bond acceptors (Lipinski definition) is 4. The largest absolute Gasteiger partial charge is 0.381 e. The van der Waals surface area contributed by atoms with Gasteiger partial charge in [0.2, 0.25) is 0 Å². The van der Waals surface area contributed by atoms with Gasteiger partial charge in [-0.2, -0.15) is 5.26 Å².